The average Bonchev–Trinajstić information content (AvgIpc) is 2.77. The lowest BCUT2D eigenvalue weighted by Gasteiger charge is -2.00. The van der Waals surface area contributed by atoms with Gasteiger partial charge in [0.05, 0.1) is 12.1 Å². The number of hydrogen-bond donors (Lipinski definition) is 2. The number of carboxylic acids is 1. The number of carbonyl (C=O) groups is 2. The molecule has 2 rings (SSSR count). The summed E-state index contributed by atoms with van der Waals surface area (Å²) in [6.45, 7) is 1.90. The van der Waals surface area contributed by atoms with Gasteiger partial charge in [0.25, 0.3) is 0 Å². The normalized spacial score (nSPS) is 10.4. The van der Waals surface area contributed by atoms with Gasteiger partial charge >= 0.3 is 5.97 Å². The molecule has 0 saturated carbocycles. The lowest BCUT2D eigenvalue weighted by molar-refractivity contribution is -0.138. The van der Waals surface area contributed by atoms with Crippen LogP contribution in [0, 0.1) is 6.92 Å². The van der Waals surface area contributed by atoms with E-state index in [1.807, 2.05) is 19.1 Å². The zero-order valence-corrected chi connectivity index (χ0v) is 12.8. The van der Waals surface area contributed by atoms with Gasteiger partial charge in [0.2, 0.25) is 5.91 Å². The second kappa shape index (κ2) is 6.69. The van der Waals surface area contributed by atoms with Gasteiger partial charge < -0.3 is 10.4 Å². The van der Waals surface area contributed by atoms with Crippen LogP contribution >= 0.6 is 22.9 Å². The van der Waals surface area contributed by atoms with E-state index < -0.39 is 5.97 Å². The van der Waals surface area contributed by atoms with Crippen LogP contribution in [-0.4, -0.2) is 22.0 Å². The van der Waals surface area contributed by atoms with E-state index in [9.17, 15) is 9.59 Å². The molecule has 0 unspecified atom stereocenters. The zero-order valence-electron chi connectivity index (χ0n) is 11.2. The molecule has 2 aromatic rings. The van der Waals surface area contributed by atoms with Crippen molar-refractivity contribution in [3.63, 3.8) is 0 Å². The standard InChI is InChI=1S/C14H13ClN2O3S/c1-8-13(9-3-2-4-10(15)7-9)17-14(21-8)16-11(18)5-6-12(19)20/h2-4,7H,5-6H2,1H3,(H,19,20)(H,16,17,18). The Balaban J connectivity index is 2.12. The molecule has 0 aliphatic carbocycles. The van der Waals surface area contributed by atoms with E-state index in [1.165, 1.54) is 11.3 Å². The lowest BCUT2D eigenvalue weighted by atomic mass is 10.1. The van der Waals surface area contributed by atoms with E-state index >= 15 is 0 Å². The highest BCUT2D eigenvalue weighted by Crippen LogP contribution is 2.31. The highest BCUT2D eigenvalue weighted by molar-refractivity contribution is 7.16. The van der Waals surface area contributed by atoms with Crippen molar-refractivity contribution in [1.29, 1.82) is 0 Å². The van der Waals surface area contributed by atoms with Crippen molar-refractivity contribution in [3.8, 4) is 11.3 Å². The number of aromatic nitrogens is 1. The molecule has 1 amide bonds. The fraction of sp³-hybridized carbons (Fsp3) is 0.214. The number of carboxylic acid groups (broad SMARTS) is 1. The van der Waals surface area contributed by atoms with Crippen LogP contribution in [0.1, 0.15) is 17.7 Å². The maximum Gasteiger partial charge on any atom is 0.303 e. The molecule has 0 bridgehead atoms. The first-order chi connectivity index (χ1) is 9.95. The molecule has 1 heterocycles. The Hall–Kier alpha value is -1.92. The SMILES string of the molecule is Cc1sc(NC(=O)CCC(=O)O)nc1-c1cccc(Cl)c1. The van der Waals surface area contributed by atoms with Gasteiger partial charge in [0.1, 0.15) is 0 Å². The van der Waals surface area contributed by atoms with E-state index in [4.69, 9.17) is 16.7 Å². The minimum absolute atomic E-state index is 0.0690. The Bertz CT molecular complexity index is 685. The number of thiazole rings is 1. The van der Waals surface area contributed by atoms with E-state index in [0.717, 1.165) is 16.1 Å². The fourth-order valence-electron chi connectivity index (χ4n) is 1.76. The fourth-order valence-corrected chi connectivity index (χ4v) is 2.80. The second-order valence-corrected chi connectivity index (χ2v) is 6.02. The lowest BCUT2D eigenvalue weighted by Crippen LogP contribution is -2.12. The Morgan fingerprint density at radius 2 is 2.14 bits per heavy atom. The molecule has 21 heavy (non-hydrogen) atoms. The predicted octanol–water partition coefficient (Wildman–Crippen LogP) is 3.58. The van der Waals surface area contributed by atoms with Crippen molar-refractivity contribution in [1.82, 2.24) is 4.98 Å². The highest BCUT2D eigenvalue weighted by atomic mass is 35.5. The molecule has 0 aliphatic heterocycles. The number of nitrogens with zero attached hydrogens (tertiary/aromatic N) is 1. The van der Waals surface area contributed by atoms with E-state index in [0.29, 0.717) is 10.2 Å². The van der Waals surface area contributed by atoms with Crippen molar-refractivity contribution in [2.24, 2.45) is 0 Å². The molecule has 0 radical (unpaired) electrons. The third kappa shape index (κ3) is 4.27. The highest BCUT2D eigenvalue weighted by Gasteiger charge is 2.13. The Morgan fingerprint density at radius 1 is 1.38 bits per heavy atom. The molecule has 110 valence electrons. The molecule has 1 aromatic carbocycles. The molecule has 2 N–H and O–H groups in total. The van der Waals surface area contributed by atoms with Crippen LogP contribution in [0.3, 0.4) is 0 Å². The largest absolute Gasteiger partial charge is 0.481 e. The van der Waals surface area contributed by atoms with Gasteiger partial charge in [-0.2, -0.15) is 0 Å². The number of rotatable bonds is 5. The second-order valence-electron chi connectivity index (χ2n) is 4.38. The summed E-state index contributed by atoms with van der Waals surface area (Å²) in [5.41, 5.74) is 1.64. The topological polar surface area (TPSA) is 79.3 Å². The monoisotopic (exact) mass is 324 g/mol. The molecule has 0 spiro atoms. The summed E-state index contributed by atoms with van der Waals surface area (Å²) < 4.78 is 0. The maximum atomic E-state index is 11.6. The van der Waals surface area contributed by atoms with Crippen LogP contribution in [0.5, 0.6) is 0 Å². The first-order valence-corrected chi connectivity index (χ1v) is 7.40. The first kappa shape index (κ1) is 15.5. The number of aliphatic carboxylic acids is 1. The summed E-state index contributed by atoms with van der Waals surface area (Å²) in [5, 5.41) is 12.2. The summed E-state index contributed by atoms with van der Waals surface area (Å²) in [5.74, 6) is -1.36. The van der Waals surface area contributed by atoms with Gasteiger partial charge in [-0.05, 0) is 19.1 Å². The third-order valence-electron chi connectivity index (χ3n) is 2.71. The number of aryl methyl sites for hydroxylation is 1. The number of anilines is 1. The van der Waals surface area contributed by atoms with Crippen molar-refractivity contribution < 1.29 is 14.7 Å². The number of hydrogen-bond acceptors (Lipinski definition) is 4. The minimum Gasteiger partial charge on any atom is -0.481 e. The molecule has 7 heteroatoms. The van der Waals surface area contributed by atoms with Gasteiger partial charge in [-0.3, -0.25) is 9.59 Å². The van der Waals surface area contributed by atoms with Gasteiger partial charge in [0.15, 0.2) is 5.13 Å². The molecule has 0 fully saturated rings. The van der Waals surface area contributed by atoms with Gasteiger partial charge in [0, 0.05) is 21.9 Å². The molecule has 0 aliphatic rings. The number of amides is 1. The average molecular weight is 325 g/mol. The van der Waals surface area contributed by atoms with Crippen LogP contribution in [0.15, 0.2) is 24.3 Å². The van der Waals surface area contributed by atoms with Crippen molar-refractivity contribution in [3.05, 3.63) is 34.2 Å². The number of nitrogens with one attached hydrogen (secondary N) is 1. The van der Waals surface area contributed by atoms with E-state index in [1.54, 1.807) is 12.1 Å². The van der Waals surface area contributed by atoms with Crippen LogP contribution in [-0.2, 0) is 9.59 Å². The van der Waals surface area contributed by atoms with Crippen LogP contribution in [0.4, 0.5) is 5.13 Å². The van der Waals surface area contributed by atoms with Crippen molar-refractivity contribution in [2.75, 3.05) is 5.32 Å². The van der Waals surface area contributed by atoms with Crippen LogP contribution < -0.4 is 5.32 Å². The number of benzene rings is 1. The molecular formula is C14H13ClN2O3S. The molecule has 5 nitrogen and oxygen atoms in total. The summed E-state index contributed by atoms with van der Waals surface area (Å²) in [6, 6.07) is 7.31. The number of halogens is 1. The molecule has 0 saturated heterocycles. The molecular weight excluding hydrogens is 312 g/mol. The quantitative estimate of drug-likeness (QED) is 0.881. The summed E-state index contributed by atoms with van der Waals surface area (Å²) in [7, 11) is 0. The summed E-state index contributed by atoms with van der Waals surface area (Å²) in [4.78, 5) is 27.3. The van der Waals surface area contributed by atoms with Gasteiger partial charge in [-0.15, -0.1) is 11.3 Å². The Labute approximate surface area is 130 Å². The first-order valence-electron chi connectivity index (χ1n) is 6.20. The third-order valence-corrected chi connectivity index (χ3v) is 3.83. The smallest absolute Gasteiger partial charge is 0.303 e. The summed E-state index contributed by atoms with van der Waals surface area (Å²) in [6.07, 6.45) is -0.266. The number of carbonyl (C=O) groups excluding carboxylic acids is 1. The Morgan fingerprint density at radius 3 is 2.81 bits per heavy atom. The predicted molar refractivity (Wildman–Crippen MR) is 82.8 cm³/mol. The van der Waals surface area contributed by atoms with Crippen molar-refractivity contribution >= 4 is 39.9 Å². The Kier molecular flexibility index (Phi) is 4.93. The van der Waals surface area contributed by atoms with E-state index in [2.05, 4.69) is 10.3 Å². The van der Waals surface area contributed by atoms with Crippen molar-refractivity contribution in [2.45, 2.75) is 19.8 Å². The molecule has 1 aromatic heterocycles. The van der Waals surface area contributed by atoms with E-state index in [-0.39, 0.29) is 18.7 Å². The zero-order chi connectivity index (χ0) is 15.4. The minimum atomic E-state index is -1.000. The summed E-state index contributed by atoms with van der Waals surface area (Å²) >= 11 is 7.30. The van der Waals surface area contributed by atoms with Gasteiger partial charge in [-0.25, -0.2) is 4.98 Å². The van der Waals surface area contributed by atoms with Crippen LogP contribution in [0.25, 0.3) is 11.3 Å². The molecule has 0 atom stereocenters. The maximum absolute atomic E-state index is 11.6. The van der Waals surface area contributed by atoms with Crippen LogP contribution in [0.2, 0.25) is 5.02 Å². The van der Waals surface area contributed by atoms with Gasteiger partial charge in [-0.1, -0.05) is 23.7 Å².